The zero-order valence-corrected chi connectivity index (χ0v) is 15.7. The molecule has 2 aromatic heterocycles. The summed E-state index contributed by atoms with van der Waals surface area (Å²) >= 11 is 1.66. The molecule has 0 aliphatic heterocycles. The summed E-state index contributed by atoms with van der Waals surface area (Å²) in [6.45, 7) is 9.41. The number of quaternary nitrogens is 1. The number of carbonyl (C=O) groups excluding carboxylic acids is 1. The van der Waals surface area contributed by atoms with Gasteiger partial charge in [0.1, 0.15) is 11.6 Å². The SMILES string of the molecule is Cc1cc(-c2csc(C[NH+](C)CC(=O)NC(C)C)n2)c(C)n1C. The molecule has 2 N–H and O–H groups in total. The summed E-state index contributed by atoms with van der Waals surface area (Å²) in [6, 6.07) is 2.37. The highest BCUT2D eigenvalue weighted by molar-refractivity contribution is 7.09. The van der Waals surface area contributed by atoms with Crippen LogP contribution in [0.25, 0.3) is 11.3 Å². The number of nitrogens with zero attached hydrogens (tertiary/aromatic N) is 2. The normalized spacial score (nSPS) is 12.7. The molecule has 0 saturated heterocycles. The summed E-state index contributed by atoms with van der Waals surface area (Å²) in [5.74, 6) is 0.0869. The van der Waals surface area contributed by atoms with Crippen molar-refractivity contribution in [1.82, 2.24) is 14.9 Å². The van der Waals surface area contributed by atoms with Gasteiger partial charge in [-0.1, -0.05) is 0 Å². The van der Waals surface area contributed by atoms with Gasteiger partial charge in [0.2, 0.25) is 0 Å². The van der Waals surface area contributed by atoms with Gasteiger partial charge in [0.05, 0.1) is 12.7 Å². The van der Waals surface area contributed by atoms with Crippen LogP contribution in [0.3, 0.4) is 0 Å². The maximum Gasteiger partial charge on any atom is 0.275 e. The van der Waals surface area contributed by atoms with Crippen LogP contribution in [0.5, 0.6) is 0 Å². The van der Waals surface area contributed by atoms with Crippen LogP contribution in [0, 0.1) is 13.8 Å². The van der Waals surface area contributed by atoms with Crippen LogP contribution in [-0.2, 0) is 18.4 Å². The molecule has 6 heteroatoms. The number of hydrogen-bond donors (Lipinski definition) is 2. The van der Waals surface area contributed by atoms with E-state index in [-0.39, 0.29) is 11.9 Å². The molecule has 0 bridgehead atoms. The predicted molar refractivity (Wildman–Crippen MR) is 94.7 cm³/mol. The van der Waals surface area contributed by atoms with E-state index in [2.05, 4.69) is 42.2 Å². The lowest BCUT2D eigenvalue weighted by Crippen LogP contribution is -3.09. The number of carbonyl (C=O) groups is 1. The lowest BCUT2D eigenvalue weighted by Gasteiger charge is -2.13. The molecule has 0 spiro atoms. The van der Waals surface area contributed by atoms with Crippen LogP contribution in [0.1, 0.15) is 30.2 Å². The van der Waals surface area contributed by atoms with Gasteiger partial charge in [-0.2, -0.15) is 0 Å². The fraction of sp³-hybridized carbons (Fsp3) is 0.529. The van der Waals surface area contributed by atoms with Crippen molar-refractivity contribution in [3.63, 3.8) is 0 Å². The van der Waals surface area contributed by atoms with Crippen molar-refractivity contribution in [2.24, 2.45) is 7.05 Å². The second-order valence-corrected chi connectivity index (χ2v) is 7.45. The number of likely N-dealkylation sites (N-methyl/N-ethyl adjacent to an activating group) is 1. The third-order valence-corrected chi connectivity index (χ3v) is 4.82. The maximum absolute atomic E-state index is 11.8. The van der Waals surface area contributed by atoms with Crippen molar-refractivity contribution >= 4 is 17.2 Å². The average Bonchev–Trinajstić information content (AvgIpc) is 2.98. The molecular weight excluding hydrogens is 308 g/mol. The summed E-state index contributed by atoms with van der Waals surface area (Å²) in [6.07, 6.45) is 0. The molecule has 1 unspecified atom stereocenters. The molecule has 2 rings (SSSR count). The largest absolute Gasteiger partial charge is 0.351 e. The molecule has 0 fully saturated rings. The zero-order chi connectivity index (χ0) is 17.1. The van der Waals surface area contributed by atoms with E-state index in [0.29, 0.717) is 6.54 Å². The van der Waals surface area contributed by atoms with Crippen molar-refractivity contribution in [2.75, 3.05) is 13.6 Å². The molecule has 2 aromatic rings. The standard InChI is InChI=1S/C17H26N4OS/c1-11(2)18-16(22)8-20(5)9-17-19-15(10-23-17)14-7-12(3)21(6)13(14)4/h7,10-11H,8-9H2,1-6H3,(H,18,22)/p+1. The first-order chi connectivity index (χ1) is 10.8. The molecule has 0 saturated carbocycles. The molecule has 2 heterocycles. The monoisotopic (exact) mass is 335 g/mol. The van der Waals surface area contributed by atoms with E-state index in [1.807, 2.05) is 20.9 Å². The van der Waals surface area contributed by atoms with E-state index in [4.69, 9.17) is 4.98 Å². The van der Waals surface area contributed by atoms with Gasteiger partial charge in [-0.05, 0) is 33.8 Å². The summed E-state index contributed by atoms with van der Waals surface area (Å²) in [7, 11) is 4.10. The fourth-order valence-corrected chi connectivity index (χ4v) is 3.51. The van der Waals surface area contributed by atoms with Crippen molar-refractivity contribution in [2.45, 2.75) is 40.3 Å². The summed E-state index contributed by atoms with van der Waals surface area (Å²) in [4.78, 5) is 17.7. The first-order valence-corrected chi connectivity index (χ1v) is 8.84. The summed E-state index contributed by atoms with van der Waals surface area (Å²) in [5.41, 5.74) is 4.70. The van der Waals surface area contributed by atoms with Gasteiger partial charge in [-0.15, -0.1) is 11.3 Å². The molecular formula is C17H27N4OS+. The summed E-state index contributed by atoms with van der Waals surface area (Å²) in [5, 5.41) is 6.10. The van der Waals surface area contributed by atoms with E-state index in [0.717, 1.165) is 22.1 Å². The molecule has 5 nitrogen and oxygen atoms in total. The fourth-order valence-electron chi connectivity index (χ4n) is 2.60. The van der Waals surface area contributed by atoms with Crippen LogP contribution in [0.2, 0.25) is 0 Å². The minimum absolute atomic E-state index is 0.0869. The molecule has 1 amide bonds. The molecule has 1 atom stereocenters. The maximum atomic E-state index is 11.8. The first-order valence-electron chi connectivity index (χ1n) is 7.96. The Morgan fingerprint density at radius 1 is 1.43 bits per heavy atom. The molecule has 126 valence electrons. The van der Waals surface area contributed by atoms with Gasteiger partial charge in [0.25, 0.3) is 5.91 Å². The quantitative estimate of drug-likeness (QED) is 0.836. The zero-order valence-electron chi connectivity index (χ0n) is 14.9. The number of rotatable bonds is 6. The Labute approximate surface area is 142 Å². The van der Waals surface area contributed by atoms with Crippen LogP contribution in [0.15, 0.2) is 11.4 Å². The Bertz CT molecular complexity index is 687. The number of aryl methyl sites for hydroxylation is 1. The smallest absolute Gasteiger partial charge is 0.275 e. The topological polar surface area (TPSA) is 51.4 Å². The Balaban J connectivity index is 2.02. The van der Waals surface area contributed by atoms with Gasteiger partial charge in [0, 0.05) is 35.4 Å². The lowest BCUT2D eigenvalue weighted by atomic mass is 10.2. The van der Waals surface area contributed by atoms with Gasteiger partial charge < -0.3 is 14.8 Å². The van der Waals surface area contributed by atoms with Gasteiger partial charge in [0.15, 0.2) is 6.54 Å². The Kier molecular flexibility index (Phi) is 5.59. The van der Waals surface area contributed by atoms with E-state index in [9.17, 15) is 4.79 Å². The lowest BCUT2D eigenvalue weighted by molar-refractivity contribution is -0.885. The van der Waals surface area contributed by atoms with E-state index in [1.165, 1.54) is 17.0 Å². The molecule has 0 aliphatic carbocycles. The third-order valence-electron chi connectivity index (χ3n) is 3.97. The molecule has 0 radical (unpaired) electrons. The van der Waals surface area contributed by atoms with Gasteiger partial charge >= 0.3 is 0 Å². The highest BCUT2D eigenvalue weighted by Crippen LogP contribution is 2.27. The Hall–Kier alpha value is -1.66. The second kappa shape index (κ2) is 7.27. The third kappa shape index (κ3) is 4.42. The van der Waals surface area contributed by atoms with E-state index in [1.54, 1.807) is 11.3 Å². The second-order valence-electron chi connectivity index (χ2n) is 6.50. The number of thiazole rings is 1. The molecule has 0 aromatic carbocycles. The minimum atomic E-state index is 0.0869. The number of aromatic nitrogens is 2. The summed E-state index contributed by atoms with van der Waals surface area (Å²) < 4.78 is 2.18. The predicted octanol–water partition coefficient (Wildman–Crippen LogP) is 1.30. The van der Waals surface area contributed by atoms with Crippen molar-refractivity contribution in [1.29, 1.82) is 0 Å². The Morgan fingerprint density at radius 2 is 2.13 bits per heavy atom. The van der Waals surface area contributed by atoms with Crippen LogP contribution in [-0.4, -0.2) is 35.1 Å². The molecule has 23 heavy (non-hydrogen) atoms. The highest BCUT2D eigenvalue weighted by Gasteiger charge is 2.15. The van der Waals surface area contributed by atoms with Crippen LogP contribution in [0.4, 0.5) is 0 Å². The van der Waals surface area contributed by atoms with Crippen LogP contribution >= 0.6 is 11.3 Å². The van der Waals surface area contributed by atoms with E-state index < -0.39 is 0 Å². The van der Waals surface area contributed by atoms with E-state index >= 15 is 0 Å². The van der Waals surface area contributed by atoms with Crippen molar-refractivity contribution in [3.05, 3.63) is 27.8 Å². The Morgan fingerprint density at radius 3 is 2.70 bits per heavy atom. The average molecular weight is 335 g/mol. The van der Waals surface area contributed by atoms with Crippen molar-refractivity contribution in [3.8, 4) is 11.3 Å². The van der Waals surface area contributed by atoms with Gasteiger partial charge in [-0.3, -0.25) is 4.79 Å². The number of hydrogen-bond acceptors (Lipinski definition) is 3. The highest BCUT2D eigenvalue weighted by atomic mass is 32.1. The van der Waals surface area contributed by atoms with Gasteiger partial charge in [-0.25, -0.2) is 4.98 Å². The van der Waals surface area contributed by atoms with Crippen LogP contribution < -0.4 is 10.2 Å². The molecule has 0 aliphatic rings. The minimum Gasteiger partial charge on any atom is -0.351 e. The number of amides is 1. The number of nitrogens with one attached hydrogen (secondary N) is 2. The van der Waals surface area contributed by atoms with Crippen molar-refractivity contribution < 1.29 is 9.69 Å². The first kappa shape index (κ1) is 17.7.